The van der Waals surface area contributed by atoms with Gasteiger partial charge in [0.15, 0.2) is 12.6 Å². The summed E-state index contributed by atoms with van der Waals surface area (Å²) in [5.74, 6) is 0.552. The third kappa shape index (κ3) is 5.25. The van der Waals surface area contributed by atoms with Gasteiger partial charge >= 0.3 is 5.97 Å². The number of carbonyl (C=O) groups excluding carboxylic acids is 2. The van der Waals surface area contributed by atoms with Crippen molar-refractivity contribution in [1.29, 1.82) is 0 Å². The first kappa shape index (κ1) is 22.8. The lowest BCUT2D eigenvalue weighted by molar-refractivity contribution is -0.899. The summed E-state index contributed by atoms with van der Waals surface area (Å²) < 4.78 is 11.1. The lowest BCUT2D eigenvalue weighted by Crippen LogP contribution is -2.61. The maximum atomic E-state index is 13.5. The Kier molecular flexibility index (Phi) is 7.01. The van der Waals surface area contributed by atoms with Crippen molar-refractivity contribution in [1.82, 2.24) is 0 Å². The number of piperidine rings is 1. The molecule has 166 valence electrons. The molecule has 0 saturated carbocycles. The molecule has 0 radical (unpaired) electrons. The number of methoxy groups -OCH3 is 1. The summed E-state index contributed by atoms with van der Waals surface area (Å²) in [5, 5.41) is 0. The van der Waals surface area contributed by atoms with Crippen molar-refractivity contribution in [2.75, 3.05) is 39.2 Å². The Bertz CT molecular complexity index is 917. The van der Waals surface area contributed by atoms with Gasteiger partial charge in [0.2, 0.25) is 0 Å². The molecule has 1 fully saturated rings. The highest BCUT2D eigenvalue weighted by Gasteiger charge is 2.42. The highest BCUT2D eigenvalue weighted by atomic mass is 16.5. The Hall–Kier alpha value is -2.86. The van der Waals surface area contributed by atoms with E-state index in [1.807, 2.05) is 75.3 Å². The molecule has 1 aliphatic rings. The summed E-state index contributed by atoms with van der Waals surface area (Å²) in [7, 11) is 5.51. The number of esters is 1. The highest BCUT2D eigenvalue weighted by molar-refractivity contribution is 5.98. The first-order chi connectivity index (χ1) is 14.7. The predicted molar refractivity (Wildman–Crippen MR) is 121 cm³/mol. The molecule has 1 saturated heterocycles. The maximum absolute atomic E-state index is 13.5. The number of hydrogen-bond donors (Lipinski definition) is 0. The molecule has 6 heteroatoms. The standard InChI is InChI=1S/C25H33N2O4/c1-18-14-21(30-5)15-19(2)24(18)26-13-9-12-22(25(26)29)27(3,4)16-23(28)31-17-20-10-7-6-8-11-20/h6-8,10-11,14-15,22H,9,12-13,16-17H2,1-5H3/q+1. The molecular weight excluding hydrogens is 392 g/mol. The van der Waals surface area contributed by atoms with E-state index in [-0.39, 0.29) is 35.6 Å². The number of quaternary nitrogens is 1. The van der Waals surface area contributed by atoms with Crippen LogP contribution in [-0.4, -0.2) is 56.7 Å². The zero-order valence-electron chi connectivity index (χ0n) is 19.2. The van der Waals surface area contributed by atoms with Crippen LogP contribution in [-0.2, 0) is 20.9 Å². The number of ether oxygens (including phenoxy) is 2. The zero-order chi connectivity index (χ0) is 22.6. The van der Waals surface area contributed by atoms with Crippen molar-refractivity contribution in [2.24, 2.45) is 0 Å². The van der Waals surface area contributed by atoms with Crippen molar-refractivity contribution < 1.29 is 23.5 Å². The molecule has 0 bridgehead atoms. The molecule has 1 aliphatic heterocycles. The van der Waals surface area contributed by atoms with Crippen LogP contribution in [0.2, 0.25) is 0 Å². The second-order valence-corrected chi connectivity index (χ2v) is 8.84. The number of nitrogens with zero attached hydrogens (tertiary/aromatic N) is 2. The summed E-state index contributed by atoms with van der Waals surface area (Å²) in [5.41, 5.74) is 3.92. The third-order valence-electron chi connectivity index (χ3n) is 6.00. The second kappa shape index (κ2) is 9.52. The molecule has 31 heavy (non-hydrogen) atoms. The van der Waals surface area contributed by atoms with Crippen molar-refractivity contribution >= 4 is 17.6 Å². The number of benzene rings is 2. The number of anilines is 1. The number of aryl methyl sites for hydroxylation is 2. The van der Waals surface area contributed by atoms with E-state index in [0.29, 0.717) is 6.54 Å². The van der Waals surface area contributed by atoms with Crippen LogP contribution < -0.4 is 9.64 Å². The molecule has 1 heterocycles. The molecule has 6 nitrogen and oxygen atoms in total. The first-order valence-electron chi connectivity index (χ1n) is 10.7. The summed E-state index contributed by atoms with van der Waals surface area (Å²) in [6.07, 6.45) is 1.64. The van der Waals surface area contributed by atoms with Gasteiger partial charge in [0, 0.05) is 18.7 Å². The molecule has 2 aromatic rings. The molecule has 3 rings (SSSR count). The van der Waals surface area contributed by atoms with Crippen LogP contribution in [0.25, 0.3) is 0 Å². The highest BCUT2D eigenvalue weighted by Crippen LogP contribution is 2.33. The minimum Gasteiger partial charge on any atom is -0.497 e. The number of hydrogen-bond acceptors (Lipinski definition) is 4. The molecule has 0 N–H and O–H groups in total. The van der Waals surface area contributed by atoms with E-state index in [0.717, 1.165) is 41.0 Å². The SMILES string of the molecule is COc1cc(C)c(N2CCCC([N+](C)(C)CC(=O)OCc3ccccc3)C2=O)c(C)c1. The van der Waals surface area contributed by atoms with E-state index in [4.69, 9.17) is 9.47 Å². The summed E-state index contributed by atoms with van der Waals surface area (Å²) in [4.78, 5) is 27.9. The smallest absolute Gasteiger partial charge is 0.362 e. The van der Waals surface area contributed by atoms with E-state index in [2.05, 4.69) is 0 Å². The quantitative estimate of drug-likeness (QED) is 0.502. The van der Waals surface area contributed by atoms with Crippen LogP contribution in [0, 0.1) is 13.8 Å². The molecule has 1 amide bonds. The minimum absolute atomic E-state index is 0.0588. The Morgan fingerprint density at radius 1 is 1.13 bits per heavy atom. The van der Waals surface area contributed by atoms with Crippen LogP contribution in [0.5, 0.6) is 5.75 Å². The topological polar surface area (TPSA) is 55.8 Å². The second-order valence-electron chi connectivity index (χ2n) is 8.84. The zero-order valence-corrected chi connectivity index (χ0v) is 19.2. The number of likely N-dealkylation sites (N-methyl/N-ethyl adjacent to an activating group) is 1. The Labute approximate surface area is 185 Å². The van der Waals surface area contributed by atoms with E-state index >= 15 is 0 Å². The van der Waals surface area contributed by atoms with E-state index < -0.39 is 0 Å². The Morgan fingerprint density at radius 2 is 1.77 bits per heavy atom. The van der Waals surface area contributed by atoms with Gasteiger partial charge in [0.1, 0.15) is 12.4 Å². The van der Waals surface area contributed by atoms with Crippen molar-refractivity contribution in [2.45, 2.75) is 39.3 Å². The largest absolute Gasteiger partial charge is 0.497 e. The summed E-state index contributed by atoms with van der Waals surface area (Å²) in [6.45, 7) is 5.08. The average Bonchev–Trinajstić information content (AvgIpc) is 2.73. The van der Waals surface area contributed by atoms with Gasteiger partial charge < -0.3 is 18.9 Å². The van der Waals surface area contributed by atoms with Crippen LogP contribution in [0.15, 0.2) is 42.5 Å². The van der Waals surface area contributed by atoms with Gasteiger partial charge in [-0.15, -0.1) is 0 Å². The fourth-order valence-electron chi connectivity index (χ4n) is 4.41. The molecule has 0 aliphatic carbocycles. The normalized spacial score (nSPS) is 16.9. The Balaban J connectivity index is 1.71. The predicted octanol–water partition coefficient (Wildman–Crippen LogP) is 3.63. The molecular formula is C25H33N2O4+. The Morgan fingerprint density at radius 3 is 2.39 bits per heavy atom. The van der Waals surface area contributed by atoms with Crippen LogP contribution >= 0.6 is 0 Å². The van der Waals surface area contributed by atoms with E-state index in [1.165, 1.54) is 0 Å². The van der Waals surface area contributed by atoms with Crippen molar-refractivity contribution in [3.05, 3.63) is 59.2 Å². The molecule has 1 unspecified atom stereocenters. The fourth-order valence-corrected chi connectivity index (χ4v) is 4.41. The summed E-state index contributed by atoms with van der Waals surface area (Å²) >= 11 is 0. The lowest BCUT2D eigenvalue weighted by Gasteiger charge is -2.42. The van der Waals surface area contributed by atoms with Gasteiger partial charge in [-0.1, -0.05) is 30.3 Å². The van der Waals surface area contributed by atoms with Gasteiger partial charge in [-0.3, -0.25) is 4.79 Å². The van der Waals surface area contributed by atoms with Gasteiger partial charge in [0.05, 0.1) is 21.2 Å². The summed E-state index contributed by atoms with van der Waals surface area (Å²) in [6, 6.07) is 13.2. The monoisotopic (exact) mass is 425 g/mol. The number of amides is 1. The third-order valence-corrected chi connectivity index (χ3v) is 6.00. The first-order valence-corrected chi connectivity index (χ1v) is 10.7. The van der Waals surface area contributed by atoms with Crippen LogP contribution in [0.3, 0.4) is 0 Å². The van der Waals surface area contributed by atoms with Gasteiger partial charge in [-0.2, -0.15) is 0 Å². The van der Waals surface area contributed by atoms with E-state index in [9.17, 15) is 9.59 Å². The van der Waals surface area contributed by atoms with Gasteiger partial charge in [-0.25, -0.2) is 4.79 Å². The van der Waals surface area contributed by atoms with Crippen molar-refractivity contribution in [3.8, 4) is 5.75 Å². The maximum Gasteiger partial charge on any atom is 0.362 e. The van der Waals surface area contributed by atoms with Crippen molar-refractivity contribution in [3.63, 3.8) is 0 Å². The molecule has 2 aromatic carbocycles. The van der Waals surface area contributed by atoms with Crippen LogP contribution in [0.4, 0.5) is 5.69 Å². The van der Waals surface area contributed by atoms with Gasteiger partial charge in [0.25, 0.3) is 5.91 Å². The van der Waals surface area contributed by atoms with Crippen LogP contribution in [0.1, 0.15) is 29.5 Å². The number of carbonyl (C=O) groups is 2. The van der Waals surface area contributed by atoms with E-state index in [1.54, 1.807) is 7.11 Å². The average molecular weight is 426 g/mol. The minimum atomic E-state index is -0.296. The molecule has 0 aromatic heterocycles. The molecule has 1 atom stereocenters. The lowest BCUT2D eigenvalue weighted by atomic mass is 9.98. The fraction of sp³-hybridized carbons (Fsp3) is 0.440. The van der Waals surface area contributed by atoms with Gasteiger partial charge in [-0.05, 0) is 49.1 Å². The number of rotatable bonds is 7. The molecule has 0 spiro atoms.